The second-order valence-corrected chi connectivity index (χ2v) is 3.65. The highest BCUT2D eigenvalue weighted by Crippen LogP contribution is 2.12. The Hall–Kier alpha value is -1.32. The van der Waals surface area contributed by atoms with Crippen LogP contribution in [0.5, 0.6) is 0 Å². The monoisotopic (exact) mass is 211 g/mol. The van der Waals surface area contributed by atoms with E-state index in [4.69, 9.17) is 0 Å². The fourth-order valence-electron chi connectivity index (χ4n) is 1.27. The molecular weight excluding hydrogens is 196 g/mol. The molecule has 2 atom stereocenters. The van der Waals surface area contributed by atoms with E-state index in [1.54, 1.807) is 20.1 Å². The molecule has 2 unspecified atom stereocenters. The molecule has 4 heteroatoms. The zero-order valence-electron chi connectivity index (χ0n) is 8.99. The van der Waals surface area contributed by atoms with Crippen molar-refractivity contribution in [1.29, 1.82) is 0 Å². The Balaban J connectivity index is 4.12. The minimum atomic E-state index is -0.535. The molecule has 0 aromatic carbocycles. The van der Waals surface area contributed by atoms with Crippen LogP contribution < -0.4 is 0 Å². The summed E-state index contributed by atoms with van der Waals surface area (Å²) in [6.45, 7) is 3.25. The number of ketones is 2. The molecule has 0 aliphatic carbocycles. The molecule has 0 spiro atoms. The van der Waals surface area contributed by atoms with E-state index < -0.39 is 17.5 Å². The molecule has 4 nitrogen and oxygen atoms in total. The predicted molar refractivity (Wildman–Crippen MR) is 54.0 cm³/mol. The van der Waals surface area contributed by atoms with Crippen LogP contribution in [0.3, 0.4) is 0 Å². The van der Waals surface area contributed by atoms with Crippen molar-refractivity contribution < 1.29 is 19.2 Å². The van der Waals surface area contributed by atoms with Crippen molar-refractivity contribution in [1.82, 2.24) is 0 Å². The van der Waals surface area contributed by atoms with E-state index in [-0.39, 0.29) is 18.8 Å². The highest BCUT2D eigenvalue weighted by atomic mass is 16.2. The van der Waals surface area contributed by atoms with Gasteiger partial charge >= 0.3 is 0 Å². The smallest absolute Gasteiger partial charge is 0.201 e. The zero-order chi connectivity index (χ0) is 11.8. The quantitative estimate of drug-likeness (QED) is 0.441. The first-order chi connectivity index (χ1) is 7.02. The number of carbonyl (C=O) groups is 3. The molecule has 0 saturated heterocycles. The first-order valence-electron chi connectivity index (χ1n) is 4.91. The summed E-state index contributed by atoms with van der Waals surface area (Å²) in [4.78, 5) is 42.9. The molecule has 0 aromatic heterocycles. The van der Waals surface area contributed by atoms with E-state index in [2.05, 4.69) is 0 Å². The topological polar surface area (TPSA) is 68.3 Å². The Labute approximate surface area is 89.0 Å². The largest absolute Gasteiger partial charge is 0.303 e. The van der Waals surface area contributed by atoms with E-state index in [0.717, 1.165) is 0 Å². The van der Waals surface area contributed by atoms with Crippen molar-refractivity contribution in [2.24, 2.45) is 11.8 Å². The van der Waals surface area contributed by atoms with Gasteiger partial charge in [0.15, 0.2) is 5.78 Å². The fraction of sp³-hybridized carbons (Fsp3) is 0.636. The second kappa shape index (κ2) is 7.04. The van der Waals surface area contributed by atoms with Crippen LogP contribution in [0.2, 0.25) is 0 Å². The van der Waals surface area contributed by atoms with Gasteiger partial charge in [-0.1, -0.05) is 13.8 Å². The van der Waals surface area contributed by atoms with Crippen LogP contribution in [-0.2, 0) is 19.2 Å². The first kappa shape index (κ1) is 13.7. The van der Waals surface area contributed by atoms with Gasteiger partial charge < -0.3 is 4.79 Å². The Morgan fingerprint density at radius 1 is 1.33 bits per heavy atom. The normalized spacial score (nSPS) is 14.0. The SMILES string of the molecule is CC([C]=O)CC(C)C(=O)C(=O)CCC=O. The molecule has 0 aromatic rings. The highest BCUT2D eigenvalue weighted by molar-refractivity contribution is 6.38. The standard InChI is InChI=1S/C11H15O4/c1-8(7-13)6-9(2)11(15)10(14)4-3-5-12/h5,8-9H,3-4,6H2,1-2H3. The van der Waals surface area contributed by atoms with Crippen molar-refractivity contribution >= 4 is 24.1 Å². The van der Waals surface area contributed by atoms with Crippen LogP contribution >= 0.6 is 0 Å². The van der Waals surface area contributed by atoms with E-state index in [0.29, 0.717) is 12.7 Å². The third-order valence-corrected chi connectivity index (χ3v) is 2.12. The summed E-state index contributed by atoms with van der Waals surface area (Å²) < 4.78 is 0. The average Bonchev–Trinajstić information content (AvgIpc) is 2.24. The van der Waals surface area contributed by atoms with E-state index in [1.807, 2.05) is 0 Å². The molecule has 0 heterocycles. The minimum absolute atomic E-state index is 0.0359. The minimum Gasteiger partial charge on any atom is -0.303 e. The fourth-order valence-corrected chi connectivity index (χ4v) is 1.27. The van der Waals surface area contributed by atoms with Gasteiger partial charge in [-0.25, -0.2) is 0 Å². The summed E-state index contributed by atoms with van der Waals surface area (Å²) in [5.41, 5.74) is 0. The Morgan fingerprint density at radius 2 is 1.93 bits per heavy atom. The molecule has 1 radical (unpaired) electrons. The molecule has 15 heavy (non-hydrogen) atoms. The maximum atomic E-state index is 11.4. The molecule has 0 amide bonds. The van der Waals surface area contributed by atoms with E-state index in [9.17, 15) is 19.2 Å². The molecule has 0 aliphatic heterocycles. The van der Waals surface area contributed by atoms with Crippen LogP contribution in [0.15, 0.2) is 0 Å². The number of aldehydes is 1. The van der Waals surface area contributed by atoms with Crippen molar-refractivity contribution in [3.05, 3.63) is 0 Å². The number of rotatable bonds is 8. The first-order valence-corrected chi connectivity index (χ1v) is 4.91. The third kappa shape index (κ3) is 5.20. The third-order valence-electron chi connectivity index (χ3n) is 2.12. The Kier molecular flexibility index (Phi) is 6.42. The van der Waals surface area contributed by atoms with Crippen LogP contribution in [-0.4, -0.2) is 24.1 Å². The van der Waals surface area contributed by atoms with Crippen molar-refractivity contribution in [3.8, 4) is 0 Å². The lowest BCUT2D eigenvalue weighted by Gasteiger charge is -2.09. The summed E-state index contributed by atoms with van der Waals surface area (Å²) in [5.74, 6) is -1.85. The van der Waals surface area contributed by atoms with Gasteiger partial charge in [0.05, 0.1) is 0 Å². The van der Waals surface area contributed by atoms with Crippen LogP contribution in [0.1, 0.15) is 33.1 Å². The van der Waals surface area contributed by atoms with Crippen LogP contribution in [0, 0.1) is 11.8 Å². The summed E-state index contributed by atoms with van der Waals surface area (Å²) in [6, 6.07) is 0. The van der Waals surface area contributed by atoms with Gasteiger partial charge in [0.25, 0.3) is 0 Å². The lowest BCUT2D eigenvalue weighted by atomic mass is 9.92. The summed E-state index contributed by atoms with van der Waals surface area (Å²) in [6.07, 6.45) is 2.74. The van der Waals surface area contributed by atoms with Gasteiger partial charge in [0, 0.05) is 24.7 Å². The van der Waals surface area contributed by atoms with Gasteiger partial charge in [0.1, 0.15) is 6.29 Å². The molecule has 0 fully saturated rings. The average molecular weight is 211 g/mol. The predicted octanol–water partition coefficient (Wildman–Crippen LogP) is 0.876. The molecule has 0 saturated carbocycles. The lowest BCUT2D eigenvalue weighted by molar-refractivity contribution is -0.139. The molecular formula is C11H15O4. The number of hydrogen-bond acceptors (Lipinski definition) is 4. The molecule has 0 rings (SSSR count). The zero-order valence-corrected chi connectivity index (χ0v) is 8.99. The van der Waals surface area contributed by atoms with Gasteiger partial charge in [-0.3, -0.25) is 14.4 Å². The number of Topliss-reactive ketones (excluding diaryl/α,β-unsaturated/α-hetero) is 2. The van der Waals surface area contributed by atoms with Gasteiger partial charge in [-0.15, -0.1) is 0 Å². The number of carbonyl (C=O) groups excluding carboxylic acids is 4. The lowest BCUT2D eigenvalue weighted by Crippen LogP contribution is -2.23. The Bertz CT molecular complexity index is 257. The van der Waals surface area contributed by atoms with Gasteiger partial charge in [-0.2, -0.15) is 0 Å². The second-order valence-electron chi connectivity index (χ2n) is 3.65. The summed E-state index contributed by atoms with van der Waals surface area (Å²) in [5, 5.41) is 0. The summed E-state index contributed by atoms with van der Waals surface area (Å²) in [7, 11) is 0. The van der Waals surface area contributed by atoms with Crippen molar-refractivity contribution in [2.75, 3.05) is 0 Å². The van der Waals surface area contributed by atoms with Gasteiger partial charge in [-0.05, 0) is 6.42 Å². The molecule has 83 valence electrons. The maximum Gasteiger partial charge on any atom is 0.201 e. The van der Waals surface area contributed by atoms with E-state index in [1.165, 1.54) is 0 Å². The maximum absolute atomic E-state index is 11.4. The van der Waals surface area contributed by atoms with Crippen molar-refractivity contribution in [3.63, 3.8) is 0 Å². The molecule has 0 aliphatic rings. The van der Waals surface area contributed by atoms with E-state index >= 15 is 0 Å². The number of hydrogen-bond donors (Lipinski definition) is 0. The van der Waals surface area contributed by atoms with Gasteiger partial charge in [0.2, 0.25) is 12.1 Å². The van der Waals surface area contributed by atoms with Crippen LogP contribution in [0.25, 0.3) is 0 Å². The Morgan fingerprint density at radius 3 is 2.40 bits per heavy atom. The van der Waals surface area contributed by atoms with Crippen LogP contribution in [0.4, 0.5) is 0 Å². The van der Waals surface area contributed by atoms with Crippen molar-refractivity contribution in [2.45, 2.75) is 33.1 Å². The molecule has 0 N–H and O–H groups in total. The summed E-state index contributed by atoms with van der Waals surface area (Å²) >= 11 is 0. The highest BCUT2D eigenvalue weighted by Gasteiger charge is 2.22. The molecule has 0 bridgehead atoms.